The minimum absolute atomic E-state index is 0.0178. The van der Waals surface area contributed by atoms with Gasteiger partial charge in [0.25, 0.3) is 0 Å². The van der Waals surface area contributed by atoms with Crippen molar-refractivity contribution >= 4 is 28.5 Å². The van der Waals surface area contributed by atoms with Crippen LogP contribution in [-0.4, -0.2) is 107 Å². The number of nitrogens with zero attached hydrogens (tertiary/aromatic N) is 8. The fraction of sp³-hybridized carbons (Fsp3) is 0.676. The topological polar surface area (TPSA) is 101 Å². The number of amides is 1. The number of piperazine rings is 1. The van der Waals surface area contributed by atoms with Gasteiger partial charge in [-0.15, -0.1) is 0 Å². The number of hydrogen-bond donors (Lipinski definition) is 0. The number of ether oxygens (including phenoxy) is 3. The molecule has 0 aliphatic carbocycles. The van der Waals surface area contributed by atoms with Crippen molar-refractivity contribution in [3.8, 4) is 6.01 Å². The van der Waals surface area contributed by atoms with E-state index in [1.807, 2.05) is 27.0 Å². The molecule has 266 valence electrons. The van der Waals surface area contributed by atoms with Crippen LogP contribution in [0.2, 0.25) is 0 Å². The van der Waals surface area contributed by atoms with E-state index in [1.165, 1.54) is 23.2 Å². The van der Waals surface area contributed by atoms with Gasteiger partial charge in [0, 0.05) is 56.3 Å². The molecule has 7 rings (SSSR count). The lowest BCUT2D eigenvalue weighted by Gasteiger charge is -2.39. The summed E-state index contributed by atoms with van der Waals surface area (Å²) in [4.78, 5) is 32.0. The molecular formula is C37H54N8O4. The van der Waals surface area contributed by atoms with E-state index in [-0.39, 0.29) is 12.3 Å². The van der Waals surface area contributed by atoms with Gasteiger partial charge in [-0.25, -0.2) is 9.48 Å². The predicted octanol–water partition coefficient (Wildman–Crippen LogP) is 5.74. The van der Waals surface area contributed by atoms with E-state index in [1.54, 1.807) is 4.90 Å². The van der Waals surface area contributed by atoms with Crippen LogP contribution in [-0.2, 0) is 22.4 Å². The predicted molar refractivity (Wildman–Crippen MR) is 191 cm³/mol. The van der Waals surface area contributed by atoms with Crippen molar-refractivity contribution in [1.82, 2.24) is 29.5 Å². The van der Waals surface area contributed by atoms with Crippen LogP contribution in [0.15, 0.2) is 18.3 Å². The number of anilines is 2. The third-order valence-corrected chi connectivity index (χ3v) is 10.5. The van der Waals surface area contributed by atoms with E-state index in [2.05, 4.69) is 52.4 Å². The maximum absolute atomic E-state index is 12.8. The van der Waals surface area contributed by atoms with Crippen molar-refractivity contribution in [3.63, 3.8) is 0 Å². The maximum Gasteiger partial charge on any atom is 0.410 e. The Morgan fingerprint density at radius 3 is 2.51 bits per heavy atom. The van der Waals surface area contributed by atoms with Crippen molar-refractivity contribution in [2.75, 3.05) is 69.3 Å². The minimum atomic E-state index is -0.520. The molecule has 12 nitrogen and oxygen atoms in total. The first-order chi connectivity index (χ1) is 23.6. The Labute approximate surface area is 290 Å². The molecule has 0 radical (unpaired) electrons. The number of benzene rings is 1. The molecule has 2 aromatic heterocycles. The normalized spacial score (nSPS) is 22.2. The molecule has 2 atom stereocenters. The molecule has 4 aliphatic heterocycles. The van der Waals surface area contributed by atoms with Crippen LogP contribution in [0.1, 0.15) is 95.7 Å². The third-order valence-electron chi connectivity index (χ3n) is 10.5. The molecule has 6 heterocycles. The summed E-state index contributed by atoms with van der Waals surface area (Å²) < 4.78 is 20.3. The fourth-order valence-electron chi connectivity index (χ4n) is 7.78. The Morgan fingerprint density at radius 2 is 1.82 bits per heavy atom. The lowest BCUT2D eigenvalue weighted by atomic mass is 9.95. The summed E-state index contributed by atoms with van der Waals surface area (Å²) in [6, 6.07) is 5.31. The average molecular weight is 675 g/mol. The van der Waals surface area contributed by atoms with Crippen LogP contribution >= 0.6 is 0 Å². The van der Waals surface area contributed by atoms with Crippen LogP contribution in [0.5, 0.6) is 6.01 Å². The van der Waals surface area contributed by atoms with E-state index in [0.717, 1.165) is 74.2 Å². The highest BCUT2D eigenvalue weighted by Crippen LogP contribution is 2.40. The van der Waals surface area contributed by atoms with E-state index in [0.29, 0.717) is 57.3 Å². The Morgan fingerprint density at radius 1 is 1.00 bits per heavy atom. The molecule has 0 bridgehead atoms. The van der Waals surface area contributed by atoms with Gasteiger partial charge in [-0.3, -0.25) is 0 Å². The molecule has 3 aromatic rings. The molecule has 0 saturated carbocycles. The summed E-state index contributed by atoms with van der Waals surface area (Å²) in [5.74, 6) is 1.28. The average Bonchev–Trinajstić information content (AvgIpc) is 3.71. The summed E-state index contributed by atoms with van der Waals surface area (Å²) in [6.07, 6.45) is 8.13. The number of carbonyl (C=O) groups excluding carboxylic acids is 1. The van der Waals surface area contributed by atoms with Gasteiger partial charge < -0.3 is 33.8 Å². The van der Waals surface area contributed by atoms with E-state index < -0.39 is 5.60 Å². The van der Waals surface area contributed by atoms with Crippen molar-refractivity contribution in [2.45, 2.75) is 103 Å². The first-order valence-corrected chi connectivity index (χ1v) is 18.4. The van der Waals surface area contributed by atoms with Gasteiger partial charge in [-0.1, -0.05) is 19.9 Å². The highest BCUT2D eigenvalue weighted by Gasteiger charge is 2.32. The molecule has 1 unspecified atom stereocenters. The van der Waals surface area contributed by atoms with Gasteiger partial charge in [0.15, 0.2) is 6.23 Å². The molecule has 3 fully saturated rings. The number of fused-ring (bicyclic) bond motifs is 2. The second-order valence-electron chi connectivity index (χ2n) is 15.5. The zero-order valence-electron chi connectivity index (χ0n) is 30.3. The number of likely N-dealkylation sites (tertiary alicyclic amines) is 1. The molecule has 12 heteroatoms. The van der Waals surface area contributed by atoms with Crippen molar-refractivity contribution in [3.05, 3.63) is 35.2 Å². The second kappa shape index (κ2) is 13.9. The first kappa shape index (κ1) is 33.8. The van der Waals surface area contributed by atoms with Gasteiger partial charge in [-0.05, 0) is 90.4 Å². The van der Waals surface area contributed by atoms with Crippen LogP contribution in [0, 0.1) is 0 Å². The third kappa shape index (κ3) is 7.17. The Balaban J connectivity index is 1.19. The highest BCUT2D eigenvalue weighted by molar-refractivity contribution is 5.94. The largest absolute Gasteiger partial charge is 0.462 e. The van der Waals surface area contributed by atoms with Gasteiger partial charge in [-0.2, -0.15) is 15.1 Å². The molecule has 3 saturated heterocycles. The fourth-order valence-corrected chi connectivity index (χ4v) is 7.78. The second-order valence-corrected chi connectivity index (χ2v) is 15.5. The highest BCUT2D eigenvalue weighted by atomic mass is 16.6. The zero-order valence-corrected chi connectivity index (χ0v) is 30.3. The van der Waals surface area contributed by atoms with Crippen molar-refractivity contribution in [1.29, 1.82) is 0 Å². The summed E-state index contributed by atoms with van der Waals surface area (Å²) >= 11 is 0. The Hall–Kier alpha value is -3.64. The van der Waals surface area contributed by atoms with Gasteiger partial charge in [0.05, 0.1) is 29.6 Å². The molecule has 1 aromatic carbocycles. The van der Waals surface area contributed by atoms with Gasteiger partial charge >= 0.3 is 12.1 Å². The van der Waals surface area contributed by atoms with E-state index in [9.17, 15) is 4.79 Å². The number of carbonyl (C=O) groups is 1. The maximum atomic E-state index is 12.8. The summed E-state index contributed by atoms with van der Waals surface area (Å²) in [5.41, 5.74) is 5.34. The number of hydrogen-bond acceptors (Lipinski definition) is 10. The van der Waals surface area contributed by atoms with E-state index >= 15 is 0 Å². The summed E-state index contributed by atoms with van der Waals surface area (Å²) in [5, 5.41) is 6.05. The molecule has 4 aliphatic rings. The summed E-state index contributed by atoms with van der Waals surface area (Å²) in [7, 11) is 2.16. The SMILES string of the molecule is CC(C)c1ccc2c(cnn2C2CCCCO2)c1N1CCc2c(nc(OC[C@@H]3CCCN3C)nc2N2CCN(C(=O)OC(C)(C)C)CC2)C1. The first-order valence-electron chi connectivity index (χ1n) is 18.4. The molecule has 0 spiro atoms. The lowest BCUT2D eigenvalue weighted by molar-refractivity contribution is -0.0366. The minimum Gasteiger partial charge on any atom is -0.462 e. The zero-order chi connectivity index (χ0) is 34.3. The van der Waals surface area contributed by atoms with Gasteiger partial charge in [0.1, 0.15) is 18.0 Å². The molecule has 1 amide bonds. The van der Waals surface area contributed by atoms with Gasteiger partial charge in [0.2, 0.25) is 0 Å². The Kier molecular flexibility index (Phi) is 9.62. The standard InChI is InChI=1S/C37H54N8O4/c1-25(2)27-12-13-31-29(22-38-45(31)32-11-7-8-21-47-32)33(27)44-16-14-28-30(23-44)39-35(48-24-26-10-9-15-41(26)6)40-34(28)42-17-19-43(20-18-42)36(46)49-37(3,4)5/h12-13,22,25-26,32H,7-11,14-21,23-24H2,1-6H3/t26-,32?/m0/s1. The van der Waals surface area contributed by atoms with E-state index in [4.69, 9.17) is 29.3 Å². The lowest BCUT2D eigenvalue weighted by Crippen LogP contribution is -2.50. The Bertz CT molecular complexity index is 1640. The number of rotatable bonds is 7. The van der Waals surface area contributed by atoms with Crippen molar-refractivity contribution in [2.24, 2.45) is 0 Å². The monoisotopic (exact) mass is 674 g/mol. The smallest absolute Gasteiger partial charge is 0.410 e. The van der Waals surface area contributed by atoms with Crippen LogP contribution in [0.4, 0.5) is 16.3 Å². The molecular weight excluding hydrogens is 620 g/mol. The quantitative estimate of drug-likeness (QED) is 0.308. The molecule has 49 heavy (non-hydrogen) atoms. The van der Waals surface area contributed by atoms with Crippen LogP contribution < -0.4 is 14.5 Å². The summed E-state index contributed by atoms with van der Waals surface area (Å²) in [6.45, 7) is 16.7. The number of aromatic nitrogens is 4. The van der Waals surface area contributed by atoms with Crippen molar-refractivity contribution < 1.29 is 19.0 Å². The molecule has 0 N–H and O–H groups in total. The number of likely N-dealkylation sites (N-methyl/N-ethyl adjacent to an activating group) is 1. The van der Waals surface area contributed by atoms with Crippen LogP contribution in [0.25, 0.3) is 10.9 Å². The van der Waals surface area contributed by atoms with Crippen LogP contribution in [0.3, 0.4) is 0 Å².